The van der Waals surface area contributed by atoms with Crippen LogP contribution in [0.5, 0.6) is 0 Å². The number of carboxylic acids is 1. The minimum Gasteiger partial charge on any atom is -0.480 e. The molecule has 0 saturated heterocycles. The molecule has 94 valence electrons. The first-order valence-corrected chi connectivity index (χ1v) is 5.42. The number of nitriles is 1. The summed E-state index contributed by atoms with van der Waals surface area (Å²) in [6.45, 7) is 1.32. The first kappa shape index (κ1) is 13.7. The van der Waals surface area contributed by atoms with Gasteiger partial charge in [-0.05, 0) is 37.5 Å². The molecule has 0 aliphatic rings. The van der Waals surface area contributed by atoms with E-state index in [-0.39, 0.29) is 6.42 Å². The Labute approximate surface area is 105 Å². The maximum atomic E-state index is 11.2. The molecular weight excluding hydrogens is 232 g/mol. The van der Waals surface area contributed by atoms with Crippen molar-refractivity contribution in [2.45, 2.75) is 19.8 Å². The Morgan fingerprint density at radius 2 is 1.94 bits per heavy atom. The van der Waals surface area contributed by atoms with E-state index in [1.807, 2.05) is 6.07 Å². The number of primary amides is 1. The average molecular weight is 246 g/mol. The Bertz CT molecular complexity index is 486. The molecule has 0 spiro atoms. The molecule has 1 atom stereocenters. The van der Waals surface area contributed by atoms with Gasteiger partial charge in [0.2, 0.25) is 5.91 Å². The highest BCUT2D eigenvalue weighted by atomic mass is 16.4. The molecule has 0 radical (unpaired) electrons. The number of aryl methyl sites for hydroxylation is 1. The number of carbonyl (C=O) groups is 2. The van der Waals surface area contributed by atoms with Gasteiger partial charge in [0.25, 0.3) is 0 Å². The molecule has 1 rings (SSSR count). The van der Waals surface area contributed by atoms with Gasteiger partial charge in [-0.25, -0.2) is 0 Å². The van der Waals surface area contributed by atoms with Crippen molar-refractivity contribution in [1.29, 1.82) is 5.26 Å². The number of hydrogen-bond acceptors (Lipinski definition) is 3. The van der Waals surface area contributed by atoms with E-state index in [4.69, 9.17) is 16.1 Å². The molecule has 1 unspecified atom stereocenters. The highest BCUT2D eigenvalue weighted by molar-refractivity contribution is 6.00. The van der Waals surface area contributed by atoms with Crippen LogP contribution in [-0.2, 0) is 16.0 Å². The van der Waals surface area contributed by atoms with Crippen LogP contribution in [-0.4, -0.2) is 17.0 Å². The highest BCUT2D eigenvalue weighted by Gasteiger charge is 2.38. The quantitative estimate of drug-likeness (QED) is 0.758. The van der Waals surface area contributed by atoms with Crippen molar-refractivity contribution in [3.8, 4) is 6.07 Å². The number of aliphatic carboxylic acids is 1. The van der Waals surface area contributed by atoms with Crippen LogP contribution in [0, 0.1) is 16.7 Å². The fourth-order valence-electron chi connectivity index (χ4n) is 1.48. The standard InChI is InChI=1S/C13H14N2O3/c1-13(11(15)16,12(17)18)7-6-9-2-4-10(8-14)5-3-9/h2-5H,6-7H2,1H3,(H2,15,16)(H,17,18). The Kier molecular flexibility index (Phi) is 4.05. The summed E-state index contributed by atoms with van der Waals surface area (Å²) in [6.07, 6.45) is 0.543. The second kappa shape index (κ2) is 5.32. The van der Waals surface area contributed by atoms with Gasteiger partial charge in [0.1, 0.15) is 5.41 Å². The molecule has 1 aromatic rings. The second-order valence-corrected chi connectivity index (χ2v) is 4.31. The maximum Gasteiger partial charge on any atom is 0.318 e. The predicted octanol–water partition coefficient (Wildman–Crippen LogP) is 1.07. The summed E-state index contributed by atoms with van der Waals surface area (Å²) in [5, 5.41) is 17.7. The van der Waals surface area contributed by atoms with E-state index < -0.39 is 17.3 Å². The third kappa shape index (κ3) is 2.86. The van der Waals surface area contributed by atoms with Gasteiger partial charge in [-0.15, -0.1) is 0 Å². The Morgan fingerprint density at radius 1 is 1.39 bits per heavy atom. The van der Waals surface area contributed by atoms with Crippen LogP contribution < -0.4 is 5.73 Å². The summed E-state index contributed by atoms with van der Waals surface area (Å²) in [5.74, 6) is -2.06. The van der Waals surface area contributed by atoms with Crippen molar-refractivity contribution in [3.05, 3.63) is 35.4 Å². The van der Waals surface area contributed by atoms with Crippen LogP contribution in [0.15, 0.2) is 24.3 Å². The van der Waals surface area contributed by atoms with Crippen molar-refractivity contribution in [1.82, 2.24) is 0 Å². The number of nitrogens with two attached hydrogens (primary N) is 1. The molecule has 18 heavy (non-hydrogen) atoms. The first-order chi connectivity index (χ1) is 8.40. The van der Waals surface area contributed by atoms with Gasteiger partial charge in [0.15, 0.2) is 0 Å². The molecule has 1 aromatic carbocycles. The number of nitrogens with zero attached hydrogens (tertiary/aromatic N) is 1. The lowest BCUT2D eigenvalue weighted by Crippen LogP contribution is -2.41. The summed E-state index contributed by atoms with van der Waals surface area (Å²) in [6, 6.07) is 8.77. The van der Waals surface area contributed by atoms with E-state index in [1.54, 1.807) is 24.3 Å². The molecule has 0 heterocycles. The van der Waals surface area contributed by atoms with Crippen molar-refractivity contribution in [2.24, 2.45) is 11.1 Å². The normalized spacial score (nSPS) is 13.3. The van der Waals surface area contributed by atoms with E-state index in [0.29, 0.717) is 12.0 Å². The average Bonchev–Trinajstić information content (AvgIpc) is 2.36. The van der Waals surface area contributed by atoms with Crippen LogP contribution in [0.4, 0.5) is 0 Å². The molecule has 0 aliphatic heterocycles. The van der Waals surface area contributed by atoms with Gasteiger partial charge in [0.05, 0.1) is 11.6 Å². The van der Waals surface area contributed by atoms with Crippen LogP contribution in [0.2, 0.25) is 0 Å². The molecule has 5 heteroatoms. The van der Waals surface area contributed by atoms with E-state index in [0.717, 1.165) is 5.56 Å². The fourth-order valence-corrected chi connectivity index (χ4v) is 1.48. The zero-order chi connectivity index (χ0) is 13.8. The van der Waals surface area contributed by atoms with Gasteiger partial charge in [-0.1, -0.05) is 12.1 Å². The van der Waals surface area contributed by atoms with Gasteiger partial charge < -0.3 is 10.8 Å². The monoisotopic (exact) mass is 246 g/mol. The SMILES string of the molecule is CC(CCc1ccc(C#N)cc1)(C(N)=O)C(=O)O. The van der Waals surface area contributed by atoms with Crippen LogP contribution >= 0.6 is 0 Å². The molecule has 5 nitrogen and oxygen atoms in total. The lowest BCUT2D eigenvalue weighted by molar-refractivity contribution is -0.153. The highest BCUT2D eigenvalue weighted by Crippen LogP contribution is 2.23. The molecule has 0 aromatic heterocycles. The molecule has 1 amide bonds. The second-order valence-electron chi connectivity index (χ2n) is 4.31. The number of hydrogen-bond donors (Lipinski definition) is 2. The summed E-state index contributed by atoms with van der Waals surface area (Å²) in [5.41, 5.74) is 4.96. The van der Waals surface area contributed by atoms with Crippen LogP contribution in [0.1, 0.15) is 24.5 Å². The van der Waals surface area contributed by atoms with Crippen LogP contribution in [0.3, 0.4) is 0 Å². The van der Waals surface area contributed by atoms with Crippen LogP contribution in [0.25, 0.3) is 0 Å². The van der Waals surface area contributed by atoms with E-state index in [1.165, 1.54) is 6.92 Å². The maximum absolute atomic E-state index is 11.2. The molecular formula is C13H14N2O3. The van der Waals surface area contributed by atoms with E-state index in [2.05, 4.69) is 0 Å². The van der Waals surface area contributed by atoms with E-state index in [9.17, 15) is 9.59 Å². The Hall–Kier alpha value is -2.35. The Balaban J connectivity index is 2.77. The molecule has 0 aliphatic carbocycles. The third-order valence-electron chi connectivity index (χ3n) is 3.01. The van der Waals surface area contributed by atoms with Gasteiger partial charge in [-0.3, -0.25) is 9.59 Å². The topological polar surface area (TPSA) is 104 Å². The lowest BCUT2D eigenvalue weighted by Gasteiger charge is -2.20. The molecule has 0 fully saturated rings. The summed E-state index contributed by atoms with van der Waals surface area (Å²) in [4.78, 5) is 22.2. The van der Waals surface area contributed by atoms with Crippen molar-refractivity contribution in [3.63, 3.8) is 0 Å². The largest absolute Gasteiger partial charge is 0.480 e. The lowest BCUT2D eigenvalue weighted by atomic mass is 9.83. The first-order valence-electron chi connectivity index (χ1n) is 5.42. The zero-order valence-electron chi connectivity index (χ0n) is 10.0. The third-order valence-corrected chi connectivity index (χ3v) is 3.01. The minimum absolute atomic E-state index is 0.129. The van der Waals surface area contributed by atoms with E-state index >= 15 is 0 Å². The molecule has 0 saturated carbocycles. The van der Waals surface area contributed by atoms with Gasteiger partial charge >= 0.3 is 5.97 Å². The van der Waals surface area contributed by atoms with Crippen molar-refractivity contribution >= 4 is 11.9 Å². The fraction of sp³-hybridized carbons (Fsp3) is 0.308. The summed E-state index contributed by atoms with van der Waals surface area (Å²) < 4.78 is 0. The number of benzene rings is 1. The Morgan fingerprint density at radius 3 is 2.33 bits per heavy atom. The van der Waals surface area contributed by atoms with Gasteiger partial charge in [-0.2, -0.15) is 5.26 Å². The number of carbonyl (C=O) groups excluding carboxylic acids is 1. The predicted molar refractivity (Wildman–Crippen MR) is 64.4 cm³/mol. The molecule has 3 N–H and O–H groups in total. The molecule has 0 bridgehead atoms. The van der Waals surface area contributed by atoms with Crippen molar-refractivity contribution < 1.29 is 14.7 Å². The number of carboxylic acid groups (broad SMARTS) is 1. The summed E-state index contributed by atoms with van der Waals surface area (Å²) in [7, 11) is 0. The number of rotatable bonds is 5. The number of amides is 1. The zero-order valence-corrected chi connectivity index (χ0v) is 10.0. The van der Waals surface area contributed by atoms with Crippen molar-refractivity contribution in [2.75, 3.05) is 0 Å². The smallest absolute Gasteiger partial charge is 0.318 e. The minimum atomic E-state index is -1.56. The van der Waals surface area contributed by atoms with Gasteiger partial charge in [0, 0.05) is 0 Å². The summed E-state index contributed by atoms with van der Waals surface area (Å²) >= 11 is 0.